The van der Waals surface area contributed by atoms with Gasteiger partial charge in [-0.05, 0) is 24.5 Å². The molecule has 0 aliphatic carbocycles. The van der Waals surface area contributed by atoms with Gasteiger partial charge in [-0.15, -0.1) is 11.8 Å². The average molecular weight is 292 g/mol. The van der Waals surface area contributed by atoms with Crippen LogP contribution in [0.5, 0.6) is 0 Å². The highest BCUT2D eigenvalue weighted by Gasteiger charge is 2.22. The monoisotopic (exact) mass is 292 g/mol. The van der Waals surface area contributed by atoms with Crippen molar-refractivity contribution in [3.63, 3.8) is 0 Å². The van der Waals surface area contributed by atoms with Crippen LogP contribution in [0.25, 0.3) is 0 Å². The van der Waals surface area contributed by atoms with E-state index in [-0.39, 0.29) is 12.1 Å². The zero-order chi connectivity index (χ0) is 13.8. The van der Waals surface area contributed by atoms with Crippen LogP contribution in [0.15, 0.2) is 29.2 Å². The number of nitrogens with one attached hydrogen (secondary N) is 2. The Morgan fingerprint density at radius 1 is 1.35 bits per heavy atom. The minimum atomic E-state index is -0.0661. The molecule has 2 atom stereocenters. The van der Waals surface area contributed by atoms with Crippen molar-refractivity contribution in [1.29, 1.82) is 0 Å². The molecular formula is C15H20N2O2S. The second-order valence-electron chi connectivity index (χ2n) is 5.31. The Morgan fingerprint density at radius 2 is 2.25 bits per heavy atom. The number of amides is 2. The van der Waals surface area contributed by atoms with E-state index in [9.17, 15) is 4.79 Å². The van der Waals surface area contributed by atoms with Crippen LogP contribution in [-0.2, 0) is 4.74 Å². The smallest absolute Gasteiger partial charge is 0.315 e. The summed E-state index contributed by atoms with van der Waals surface area (Å²) in [5.74, 6) is 1.52. The molecule has 108 valence electrons. The number of hydrogen-bond donors (Lipinski definition) is 2. The molecule has 2 N–H and O–H groups in total. The molecule has 0 spiro atoms. The van der Waals surface area contributed by atoms with Gasteiger partial charge in [-0.25, -0.2) is 4.79 Å². The van der Waals surface area contributed by atoms with Crippen molar-refractivity contribution in [2.75, 3.05) is 25.5 Å². The molecule has 4 nitrogen and oxygen atoms in total. The summed E-state index contributed by atoms with van der Waals surface area (Å²) in [6.45, 7) is 2.29. The van der Waals surface area contributed by atoms with E-state index in [2.05, 4.69) is 22.8 Å². The Balaban J connectivity index is 1.54. The topological polar surface area (TPSA) is 50.4 Å². The van der Waals surface area contributed by atoms with Crippen molar-refractivity contribution in [3.8, 4) is 0 Å². The molecule has 0 saturated carbocycles. The predicted octanol–water partition coefficient (Wildman–Crippen LogP) is 2.56. The van der Waals surface area contributed by atoms with Crippen LogP contribution in [0.1, 0.15) is 24.4 Å². The van der Waals surface area contributed by atoms with E-state index in [1.807, 2.05) is 23.9 Å². The van der Waals surface area contributed by atoms with Gasteiger partial charge in [0.15, 0.2) is 0 Å². The van der Waals surface area contributed by atoms with E-state index in [1.165, 1.54) is 10.5 Å². The Kier molecular flexibility index (Phi) is 4.47. The zero-order valence-corrected chi connectivity index (χ0v) is 12.2. The summed E-state index contributed by atoms with van der Waals surface area (Å²) in [4.78, 5) is 13.3. The lowest BCUT2D eigenvalue weighted by atomic mass is 10.0. The molecule has 1 aromatic carbocycles. The number of thioether (sulfide) groups is 1. The van der Waals surface area contributed by atoms with E-state index in [4.69, 9.17) is 4.74 Å². The standard InChI is InChI=1S/C15H20N2O2S/c18-15(16-9-11-5-7-19-10-11)17-13-6-8-20-14-4-2-1-3-12(13)14/h1-4,11,13H,5-10H2,(H2,16,17,18). The molecular weight excluding hydrogens is 272 g/mol. The minimum Gasteiger partial charge on any atom is -0.381 e. The summed E-state index contributed by atoms with van der Waals surface area (Å²) in [5, 5.41) is 6.06. The van der Waals surface area contributed by atoms with Crippen LogP contribution >= 0.6 is 11.8 Å². The van der Waals surface area contributed by atoms with Gasteiger partial charge in [0.1, 0.15) is 0 Å². The minimum absolute atomic E-state index is 0.0661. The van der Waals surface area contributed by atoms with E-state index in [0.717, 1.165) is 31.8 Å². The molecule has 1 saturated heterocycles. The number of ether oxygens (including phenoxy) is 1. The van der Waals surface area contributed by atoms with E-state index in [0.29, 0.717) is 12.5 Å². The molecule has 0 bridgehead atoms. The number of urea groups is 1. The number of rotatable bonds is 3. The van der Waals surface area contributed by atoms with Gasteiger partial charge in [0.2, 0.25) is 0 Å². The van der Waals surface area contributed by atoms with Gasteiger partial charge in [0.05, 0.1) is 12.6 Å². The third kappa shape index (κ3) is 3.27. The summed E-state index contributed by atoms with van der Waals surface area (Å²) in [5.41, 5.74) is 1.24. The van der Waals surface area contributed by atoms with Crippen molar-refractivity contribution < 1.29 is 9.53 Å². The van der Waals surface area contributed by atoms with Crippen molar-refractivity contribution in [2.45, 2.75) is 23.8 Å². The first-order valence-electron chi connectivity index (χ1n) is 7.17. The highest BCUT2D eigenvalue weighted by Crippen LogP contribution is 2.35. The second kappa shape index (κ2) is 6.50. The lowest BCUT2D eigenvalue weighted by Crippen LogP contribution is -2.41. The van der Waals surface area contributed by atoms with Crippen molar-refractivity contribution in [2.24, 2.45) is 5.92 Å². The zero-order valence-electron chi connectivity index (χ0n) is 11.4. The van der Waals surface area contributed by atoms with Gasteiger partial charge in [-0.1, -0.05) is 18.2 Å². The maximum atomic E-state index is 12.0. The Bertz CT molecular complexity index is 475. The van der Waals surface area contributed by atoms with E-state index >= 15 is 0 Å². The van der Waals surface area contributed by atoms with E-state index < -0.39 is 0 Å². The molecule has 1 fully saturated rings. The second-order valence-corrected chi connectivity index (χ2v) is 6.45. The number of carbonyl (C=O) groups excluding carboxylic acids is 1. The molecule has 2 aliphatic heterocycles. The van der Waals surface area contributed by atoms with Crippen LogP contribution in [0, 0.1) is 5.92 Å². The van der Waals surface area contributed by atoms with Gasteiger partial charge >= 0.3 is 6.03 Å². The number of benzene rings is 1. The Hall–Kier alpha value is -1.20. The molecule has 2 unspecified atom stereocenters. The molecule has 2 aliphatic rings. The number of carbonyl (C=O) groups is 1. The largest absolute Gasteiger partial charge is 0.381 e. The molecule has 0 radical (unpaired) electrons. The summed E-state index contributed by atoms with van der Waals surface area (Å²) in [7, 11) is 0. The predicted molar refractivity (Wildman–Crippen MR) is 80.0 cm³/mol. The van der Waals surface area contributed by atoms with E-state index in [1.54, 1.807) is 0 Å². The lowest BCUT2D eigenvalue weighted by molar-refractivity contribution is 0.185. The van der Waals surface area contributed by atoms with Gasteiger partial charge in [-0.3, -0.25) is 0 Å². The van der Waals surface area contributed by atoms with Crippen molar-refractivity contribution in [3.05, 3.63) is 29.8 Å². The molecule has 2 amide bonds. The summed E-state index contributed by atoms with van der Waals surface area (Å²) in [6.07, 6.45) is 2.03. The summed E-state index contributed by atoms with van der Waals surface area (Å²) in [6, 6.07) is 8.39. The highest BCUT2D eigenvalue weighted by molar-refractivity contribution is 7.99. The number of hydrogen-bond acceptors (Lipinski definition) is 3. The number of fused-ring (bicyclic) bond motifs is 1. The molecule has 2 heterocycles. The fourth-order valence-corrected chi connectivity index (χ4v) is 3.81. The maximum Gasteiger partial charge on any atom is 0.315 e. The quantitative estimate of drug-likeness (QED) is 0.900. The van der Waals surface area contributed by atoms with Crippen LogP contribution in [0.4, 0.5) is 4.79 Å². The van der Waals surface area contributed by atoms with Gasteiger partial charge in [-0.2, -0.15) is 0 Å². The Morgan fingerprint density at radius 3 is 3.10 bits per heavy atom. The maximum absolute atomic E-state index is 12.0. The fraction of sp³-hybridized carbons (Fsp3) is 0.533. The summed E-state index contributed by atoms with van der Waals surface area (Å²) < 4.78 is 5.31. The molecule has 3 rings (SSSR count). The molecule has 5 heteroatoms. The van der Waals surface area contributed by atoms with Gasteiger partial charge < -0.3 is 15.4 Å². The average Bonchev–Trinajstić information content (AvgIpc) is 2.99. The SMILES string of the molecule is O=C(NCC1CCOC1)NC1CCSc2ccccc21. The Labute approximate surface area is 123 Å². The van der Waals surface area contributed by atoms with Crippen LogP contribution in [0.3, 0.4) is 0 Å². The van der Waals surface area contributed by atoms with Crippen LogP contribution < -0.4 is 10.6 Å². The molecule has 0 aromatic heterocycles. The third-order valence-corrected chi connectivity index (χ3v) is 4.96. The van der Waals surface area contributed by atoms with Crippen molar-refractivity contribution >= 4 is 17.8 Å². The lowest BCUT2D eigenvalue weighted by Gasteiger charge is -2.26. The molecule has 20 heavy (non-hydrogen) atoms. The first kappa shape index (κ1) is 13.8. The van der Waals surface area contributed by atoms with Crippen molar-refractivity contribution in [1.82, 2.24) is 10.6 Å². The first-order chi connectivity index (χ1) is 9.83. The first-order valence-corrected chi connectivity index (χ1v) is 8.15. The summed E-state index contributed by atoms with van der Waals surface area (Å²) >= 11 is 1.87. The third-order valence-electron chi connectivity index (χ3n) is 3.84. The van der Waals surface area contributed by atoms with Crippen LogP contribution in [0.2, 0.25) is 0 Å². The normalized spacial score (nSPS) is 25.0. The highest BCUT2D eigenvalue weighted by atomic mass is 32.2. The van der Waals surface area contributed by atoms with Gasteiger partial charge in [0, 0.05) is 29.7 Å². The van der Waals surface area contributed by atoms with Crippen LogP contribution in [-0.4, -0.2) is 31.5 Å². The fourth-order valence-electron chi connectivity index (χ4n) is 2.68. The van der Waals surface area contributed by atoms with Gasteiger partial charge in [0.25, 0.3) is 0 Å². The molecule has 1 aromatic rings.